The van der Waals surface area contributed by atoms with Crippen molar-refractivity contribution in [2.75, 3.05) is 32.4 Å². The molecule has 2 N–H and O–H groups in total. The van der Waals surface area contributed by atoms with Gasteiger partial charge in [-0.15, -0.1) is 12.4 Å². The first kappa shape index (κ1) is 21.7. The molecule has 3 rings (SSSR count). The van der Waals surface area contributed by atoms with Gasteiger partial charge in [-0.1, -0.05) is 12.1 Å². The average Bonchev–Trinajstić information content (AvgIpc) is 2.66. The molecular weight excluding hydrogens is 384 g/mol. The normalized spacial score (nSPS) is 14.9. The highest BCUT2D eigenvalue weighted by Crippen LogP contribution is 2.18. The SMILES string of the molecule is CNCC1CCN(C(=O)CCSCc2nc3ccccc3c(=O)[nH]2)CC1.Cl. The van der Waals surface area contributed by atoms with E-state index >= 15 is 0 Å². The highest BCUT2D eigenvalue weighted by Gasteiger charge is 2.21. The van der Waals surface area contributed by atoms with E-state index in [-0.39, 0.29) is 23.9 Å². The van der Waals surface area contributed by atoms with Crippen LogP contribution in [-0.2, 0) is 10.5 Å². The summed E-state index contributed by atoms with van der Waals surface area (Å²) in [4.78, 5) is 33.7. The third-order valence-corrected chi connectivity index (χ3v) is 5.79. The fraction of sp³-hybridized carbons (Fsp3) is 0.526. The van der Waals surface area contributed by atoms with Gasteiger partial charge in [0.1, 0.15) is 5.82 Å². The van der Waals surface area contributed by atoms with Crippen molar-refractivity contribution in [1.29, 1.82) is 0 Å². The van der Waals surface area contributed by atoms with Gasteiger partial charge in [0.25, 0.3) is 5.56 Å². The van der Waals surface area contributed by atoms with Gasteiger partial charge in [0.15, 0.2) is 0 Å². The number of fused-ring (bicyclic) bond motifs is 1. The Morgan fingerprint density at radius 3 is 2.81 bits per heavy atom. The molecule has 2 heterocycles. The summed E-state index contributed by atoms with van der Waals surface area (Å²) in [5.41, 5.74) is 0.610. The molecule has 0 spiro atoms. The highest BCUT2D eigenvalue weighted by molar-refractivity contribution is 7.98. The first-order chi connectivity index (χ1) is 12.7. The maximum atomic E-state index is 12.3. The zero-order valence-corrected chi connectivity index (χ0v) is 17.2. The molecule has 27 heavy (non-hydrogen) atoms. The van der Waals surface area contributed by atoms with Crippen molar-refractivity contribution < 1.29 is 4.79 Å². The first-order valence-corrected chi connectivity index (χ1v) is 10.3. The molecule has 6 nitrogen and oxygen atoms in total. The second kappa shape index (κ2) is 10.7. The summed E-state index contributed by atoms with van der Waals surface area (Å²) in [5.74, 6) is 2.94. The van der Waals surface area contributed by atoms with E-state index in [2.05, 4.69) is 15.3 Å². The van der Waals surface area contributed by atoms with E-state index in [0.717, 1.165) is 38.2 Å². The third kappa shape index (κ3) is 5.96. The summed E-state index contributed by atoms with van der Waals surface area (Å²) in [6.45, 7) is 2.78. The lowest BCUT2D eigenvalue weighted by molar-refractivity contribution is -0.132. The van der Waals surface area contributed by atoms with E-state index in [1.165, 1.54) is 0 Å². The molecule has 0 saturated carbocycles. The monoisotopic (exact) mass is 410 g/mol. The minimum atomic E-state index is -0.105. The number of nitrogens with zero attached hydrogens (tertiary/aromatic N) is 2. The topological polar surface area (TPSA) is 78.1 Å². The van der Waals surface area contributed by atoms with Gasteiger partial charge in [0.2, 0.25) is 5.91 Å². The van der Waals surface area contributed by atoms with Crippen LogP contribution in [-0.4, -0.2) is 53.2 Å². The van der Waals surface area contributed by atoms with Gasteiger partial charge in [-0.25, -0.2) is 4.98 Å². The second-order valence-electron chi connectivity index (χ2n) is 6.71. The lowest BCUT2D eigenvalue weighted by Gasteiger charge is -2.32. The fourth-order valence-electron chi connectivity index (χ4n) is 3.36. The number of para-hydroxylation sites is 1. The molecule has 0 unspecified atom stereocenters. The Morgan fingerprint density at radius 2 is 2.07 bits per heavy atom. The zero-order valence-electron chi connectivity index (χ0n) is 15.6. The first-order valence-electron chi connectivity index (χ1n) is 9.15. The second-order valence-corrected chi connectivity index (χ2v) is 7.82. The average molecular weight is 411 g/mol. The number of carbonyl (C=O) groups is 1. The van der Waals surface area contributed by atoms with Gasteiger partial charge in [0, 0.05) is 25.3 Å². The van der Waals surface area contributed by atoms with Crippen LogP contribution in [0.5, 0.6) is 0 Å². The number of hydrogen-bond acceptors (Lipinski definition) is 5. The number of hydrogen-bond donors (Lipinski definition) is 2. The largest absolute Gasteiger partial charge is 0.343 e. The van der Waals surface area contributed by atoms with Crippen molar-refractivity contribution in [2.45, 2.75) is 25.0 Å². The van der Waals surface area contributed by atoms with Crippen molar-refractivity contribution in [1.82, 2.24) is 20.2 Å². The number of H-pyrrole nitrogens is 1. The molecule has 0 atom stereocenters. The molecule has 1 aromatic heterocycles. The molecule has 2 aromatic rings. The Labute approximate surface area is 169 Å². The fourth-order valence-corrected chi connectivity index (χ4v) is 4.16. The van der Waals surface area contributed by atoms with Gasteiger partial charge in [0.05, 0.1) is 16.7 Å². The van der Waals surface area contributed by atoms with E-state index < -0.39 is 0 Å². The molecule has 1 aliphatic rings. The van der Waals surface area contributed by atoms with Crippen LogP contribution in [0.3, 0.4) is 0 Å². The number of aromatic nitrogens is 2. The molecule has 148 valence electrons. The van der Waals surface area contributed by atoms with Crippen molar-refractivity contribution in [3.05, 3.63) is 40.4 Å². The van der Waals surface area contributed by atoms with E-state index in [1.807, 2.05) is 30.1 Å². The van der Waals surface area contributed by atoms with Gasteiger partial charge in [-0.3, -0.25) is 9.59 Å². The standard InChI is InChI=1S/C19H26N4O2S.ClH/c1-20-12-14-6-9-23(10-7-14)18(24)8-11-26-13-17-21-16-5-3-2-4-15(16)19(25)22-17;/h2-5,14,20H,6-13H2,1H3,(H,21,22,25);1H. The Bertz CT molecular complexity index is 806. The van der Waals surface area contributed by atoms with Crippen molar-refractivity contribution >= 4 is 41.0 Å². The lowest BCUT2D eigenvalue weighted by atomic mass is 9.97. The number of benzene rings is 1. The molecule has 1 aromatic carbocycles. The van der Waals surface area contributed by atoms with Crippen LogP contribution in [0.15, 0.2) is 29.1 Å². The van der Waals surface area contributed by atoms with Crippen molar-refractivity contribution in [3.8, 4) is 0 Å². The lowest BCUT2D eigenvalue weighted by Crippen LogP contribution is -2.40. The van der Waals surface area contributed by atoms with Crippen LogP contribution in [0.25, 0.3) is 10.9 Å². The van der Waals surface area contributed by atoms with Crippen LogP contribution >= 0.6 is 24.2 Å². The van der Waals surface area contributed by atoms with E-state index in [1.54, 1.807) is 17.8 Å². The summed E-state index contributed by atoms with van der Waals surface area (Å²) < 4.78 is 0. The molecule has 1 saturated heterocycles. The predicted molar refractivity (Wildman–Crippen MR) is 114 cm³/mol. The van der Waals surface area contributed by atoms with Crippen LogP contribution in [0.1, 0.15) is 25.1 Å². The van der Waals surface area contributed by atoms with Crippen LogP contribution in [0.2, 0.25) is 0 Å². The molecular formula is C19H27ClN4O2S. The Balaban J connectivity index is 0.00000261. The molecule has 1 aliphatic heterocycles. The number of nitrogens with one attached hydrogen (secondary N) is 2. The van der Waals surface area contributed by atoms with Crippen molar-refractivity contribution in [2.24, 2.45) is 5.92 Å². The summed E-state index contributed by atoms with van der Waals surface area (Å²) >= 11 is 1.63. The number of halogens is 1. The summed E-state index contributed by atoms with van der Waals surface area (Å²) in [6, 6.07) is 7.33. The maximum absolute atomic E-state index is 12.3. The number of carbonyl (C=O) groups excluding carboxylic acids is 1. The number of aromatic amines is 1. The smallest absolute Gasteiger partial charge is 0.258 e. The number of thioether (sulfide) groups is 1. The molecule has 8 heteroatoms. The Hall–Kier alpha value is -1.57. The minimum Gasteiger partial charge on any atom is -0.343 e. The molecule has 0 aliphatic carbocycles. The molecule has 1 fully saturated rings. The third-order valence-electron chi connectivity index (χ3n) is 4.82. The van der Waals surface area contributed by atoms with E-state index in [4.69, 9.17) is 0 Å². The predicted octanol–water partition coefficient (Wildman–Crippen LogP) is 2.43. The highest BCUT2D eigenvalue weighted by atomic mass is 35.5. The molecule has 1 amide bonds. The summed E-state index contributed by atoms with van der Waals surface area (Å²) in [6.07, 6.45) is 2.71. The van der Waals surface area contributed by atoms with Crippen LogP contribution in [0, 0.1) is 5.92 Å². The minimum absolute atomic E-state index is 0. The van der Waals surface area contributed by atoms with Gasteiger partial charge >= 0.3 is 0 Å². The van der Waals surface area contributed by atoms with Gasteiger partial charge < -0.3 is 15.2 Å². The van der Waals surface area contributed by atoms with E-state index in [9.17, 15) is 9.59 Å². The summed E-state index contributed by atoms with van der Waals surface area (Å²) in [5, 5.41) is 3.83. The number of likely N-dealkylation sites (tertiary alicyclic amines) is 1. The molecule has 0 radical (unpaired) electrons. The Morgan fingerprint density at radius 1 is 1.33 bits per heavy atom. The maximum Gasteiger partial charge on any atom is 0.258 e. The summed E-state index contributed by atoms with van der Waals surface area (Å²) in [7, 11) is 1.98. The van der Waals surface area contributed by atoms with Gasteiger partial charge in [-0.2, -0.15) is 11.8 Å². The zero-order chi connectivity index (χ0) is 18.4. The van der Waals surface area contributed by atoms with Crippen molar-refractivity contribution in [3.63, 3.8) is 0 Å². The van der Waals surface area contributed by atoms with Gasteiger partial charge in [-0.05, 0) is 44.5 Å². The van der Waals surface area contributed by atoms with Crippen LogP contribution < -0.4 is 10.9 Å². The number of amides is 1. The van der Waals surface area contributed by atoms with Crippen LogP contribution in [0.4, 0.5) is 0 Å². The quantitative estimate of drug-likeness (QED) is 0.685. The number of piperidine rings is 1. The molecule has 0 bridgehead atoms. The number of rotatable bonds is 7. The van der Waals surface area contributed by atoms with E-state index in [0.29, 0.717) is 34.8 Å². The Kier molecular flexibility index (Phi) is 8.60.